The Kier molecular flexibility index (Phi) is 6.78. The molecule has 0 fully saturated rings. The zero-order valence-corrected chi connectivity index (χ0v) is 15.1. The molecule has 0 heterocycles. The number of ether oxygens (including phenoxy) is 2. The molecule has 7 heteroatoms. The number of hydrogen-bond acceptors (Lipinski definition) is 4. The summed E-state index contributed by atoms with van der Waals surface area (Å²) in [7, 11) is -0.784. The van der Waals surface area contributed by atoms with Crippen LogP contribution in [-0.4, -0.2) is 29.2 Å². The molecule has 0 aliphatic carbocycles. The fraction of sp³-hybridized carbons (Fsp3) is 0.333. The van der Waals surface area contributed by atoms with Crippen molar-refractivity contribution in [1.82, 2.24) is 4.72 Å². The second-order valence-corrected chi connectivity index (χ2v) is 7.20. The number of hydrogen-bond donors (Lipinski definition) is 1. The van der Waals surface area contributed by atoms with Gasteiger partial charge >= 0.3 is 0 Å². The molecule has 0 spiro atoms. The molecular formula is C18H22FNO4S. The molecule has 0 saturated heterocycles. The minimum absolute atomic E-state index is 0.0601. The van der Waals surface area contributed by atoms with E-state index in [0.717, 1.165) is 0 Å². The Balaban J connectivity index is 1.90. The Bertz CT molecular complexity index is 808. The molecule has 136 valence electrons. The van der Waals surface area contributed by atoms with Gasteiger partial charge in [-0.3, -0.25) is 0 Å². The van der Waals surface area contributed by atoms with E-state index in [0.29, 0.717) is 30.6 Å². The molecule has 5 nitrogen and oxygen atoms in total. The van der Waals surface area contributed by atoms with E-state index in [1.807, 2.05) is 0 Å². The number of sulfonamides is 1. The van der Waals surface area contributed by atoms with Crippen molar-refractivity contribution in [1.29, 1.82) is 0 Å². The van der Waals surface area contributed by atoms with Crippen LogP contribution >= 0.6 is 0 Å². The lowest BCUT2D eigenvalue weighted by Gasteiger charge is -2.12. The zero-order valence-electron chi connectivity index (χ0n) is 14.3. The van der Waals surface area contributed by atoms with Crippen LogP contribution in [0.1, 0.15) is 18.4 Å². The van der Waals surface area contributed by atoms with E-state index in [1.54, 1.807) is 24.3 Å². The molecule has 0 amide bonds. The second-order valence-electron chi connectivity index (χ2n) is 5.46. The van der Waals surface area contributed by atoms with Crippen molar-refractivity contribution < 1.29 is 22.3 Å². The highest BCUT2D eigenvalue weighted by Crippen LogP contribution is 2.28. The van der Waals surface area contributed by atoms with Crippen LogP contribution in [0, 0.1) is 5.82 Å². The maximum Gasteiger partial charge on any atom is 0.244 e. The third-order valence-electron chi connectivity index (χ3n) is 3.78. The van der Waals surface area contributed by atoms with Gasteiger partial charge < -0.3 is 9.47 Å². The normalized spacial score (nSPS) is 11.3. The largest absolute Gasteiger partial charge is 0.497 e. The first-order valence-corrected chi connectivity index (χ1v) is 9.41. The third-order valence-corrected chi connectivity index (χ3v) is 5.28. The van der Waals surface area contributed by atoms with Gasteiger partial charge in [-0.15, -0.1) is 0 Å². The Morgan fingerprint density at radius 3 is 2.48 bits per heavy atom. The zero-order chi connectivity index (χ0) is 18.3. The molecule has 2 rings (SSSR count). The van der Waals surface area contributed by atoms with Crippen molar-refractivity contribution in [2.75, 3.05) is 20.8 Å². The van der Waals surface area contributed by atoms with Crippen LogP contribution in [0.3, 0.4) is 0 Å². The average molecular weight is 367 g/mol. The molecule has 0 aliphatic heterocycles. The maximum atomic E-state index is 13.5. The van der Waals surface area contributed by atoms with Crippen LogP contribution in [0.2, 0.25) is 0 Å². The smallest absolute Gasteiger partial charge is 0.244 e. The minimum Gasteiger partial charge on any atom is -0.497 e. The van der Waals surface area contributed by atoms with E-state index in [1.165, 1.54) is 32.4 Å². The standard InChI is InChI=1S/C18H22FNO4S/c1-23-15-10-11-18(17(13-15)24-2)25(21,22)20-12-6-5-8-14-7-3-4-9-16(14)19/h3-4,7,9-11,13,20H,5-6,8,12H2,1-2H3. The van der Waals surface area contributed by atoms with E-state index < -0.39 is 10.0 Å². The quantitative estimate of drug-likeness (QED) is 0.692. The summed E-state index contributed by atoms with van der Waals surface area (Å²) in [4.78, 5) is 0.0601. The van der Waals surface area contributed by atoms with Gasteiger partial charge in [-0.1, -0.05) is 18.2 Å². The summed E-state index contributed by atoms with van der Waals surface area (Å²) in [6.45, 7) is 0.270. The molecule has 2 aromatic rings. The van der Waals surface area contributed by atoms with Crippen LogP contribution in [-0.2, 0) is 16.4 Å². The molecule has 2 aromatic carbocycles. The molecule has 0 saturated carbocycles. The van der Waals surface area contributed by atoms with Crippen LogP contribution in [0.4, 0.5) is 4.39 Å². The molecule has 1 N–H and O–H groups in total. The van der Waals surface area contributed by atoms with Crippen LogP contribution in [0.5, 0.6) is 11.5 Å². The van der Waals surface area contributed by atoms with Crippen molar-refractivity contribution in [2.24, 2.45) is 0 Å². The first kappa shape index (κ1) is 19.2. The molecule has 0 atom stereocenters. The van der Waals surface area contributed by atoms with Crippen LogP contribution in [0.15, 0.2) is 47.4 Å². The highest BCUT2D eigenvalue weighted by Gasteiger charge is 2.19. The highest BCUT2D eigenvalue weighted by atomic mass is 32.2. The van der Waals surface area contributed by atoms with Gasteiger partial charge in [0, 0.05) is 12.6 Å². The minimum atomic E-state index is -3.69. The molecule has 0 bridgehead atoms. The lowest BCUT2D eigenvalue weighted by molar-refractivity contribution is 0.386. The molecule has 0 unspecified atom stereocenters. The summed E-state index contributed by atoms with van der Waals surface area (Å²) in [6.07, 6.45) is 1.86. The van der Waals surface area contributed by atoms with Crippen LogP contribution in [0.25, 0.3) is 0 Å². The molecule has 0 aromatic heterocycles. The van der Waals surface area contributed by atoms with Crippen molar-refractivity contribution in [3.8, 4) is 11.5 Å². The second kappa shape index (κ2) is 8.82. The van der Waals surface area contributed by atoms with Crippen molar-refractivity contribution in [3.63, 3.8) is 0 Å². The third kappa shape index (κ3) is 5.17. The molecule has 25 heavy (non-hydrogen) atoms. The topological polar surface area (TPSA) is 64.6 Å². The van der Waals surface area contributed by atoms with Gasteiger partial charge in [-0.05, 0) is 43.0 Å². The summed E-state index contributed by atoms with van der Waals surface area (Å²) in [5.41, 5.74) is 0.641. The number of nitrogens with one attached hydrogen (secondary N) is 1. The molecule has 0 radical (unpaired) electrons. The summed E-state index contributed by atoms with van der Waals surface area (Å²) >= 11 is 0. The van der Waals surface area contributed by atoms with Gasteiger partial charge in [0.05, 0.1) is 14.2 Å². The van der Waals surface area contributed by atoms with Gasteiger partial charge in [0.25, 0.3) is 0 Å². The van der Waals surface area contributed by atoms with Gasteiger partial charge in [0.15, 0.2) is 0 Å². The first-order chi connectivity index (χ1) is 12.0. The predicted octanol–water partition coefficient (Wildman–Crippen LogP) is 3.14. The van der Waals surface area contributed by atoms with E-state index in [4.69, 9.17) is 9.47 Å². The summed E-state index contributed by atoms with van der Waals surface area (Å²) in [5.74, 6) is 0.505. The lowest BCUT2D eigenvalue weighted by Crippen LogP contribution is -2.25. The number of aryl methyl sites for hydroxylation is 1. The summed E-state index contributed by atoms with van der Waals surface area (Å²) in [6, 6.07) is 11.1. The number of halogens is 1. The number of rotatable bonds is 9. The van der Waals surface area contributed by atoms with Crippen molar-refractivity contribution in [2.45, 2.75) is 24.2 Å². The van der Waals surface area contributed by atoms with Gasteiger partial charge in [-0.2, -0.15) is 0 Å². The Morgan fingerprint density at radius 1 is 1.04 bits per heavy atom. The number of benzene rings is 2. The van der Waals surface area contributed by atoms with E-state index in [-0.39, 0.29) is 23.0 Å². The molecule has 0 aliphatic rings. The van der Waals surface area contributed by atoms with Crippen LogP contribution < -0.4 is 14.2 Å². The van der Waals surface area contributed by atoms with Crippen molar-refractivity contribution >= 4 is 10.0 Å². The number of unbranched alkanes of at least 4 members (excludes halogenated alkanes) is 1. The first-order valence-electron chi connectivity index (χ1n) is 7.93. The average Bonchev–Trinajstić information content (AvgIpc) is 2.62. The van der Waals surface area contributed by atoms with E-state index in [9.17, 15) is 12.8 Å². The fourth-order valence-corrected chi connectivity index (χ4v) is 3.65. The predicted molar refractivity (Wildman–Crippen MR) is 94.1 cm³/mol. The van der Waals surface area contributed by atoms with Crippen molar-refractivity contribution in [3.05, 3.63) is 53.8 Å². The summed E-state index contributed by atoms with van der Waals surface area (Å²) in [5, 5.41) is 0. The van der Waals surface area contributed by atoms with Gasteiger partial charge in [0.2, 0.25) is 10.0 Å². The van der Waals surface area contributed by atoms with Gasteiger partial charge in [-0.25, -0.2) is 17.5 Å². The lowest BCUT2D eigenvalue weighted by atomic mass is 10.1. The highest BCUT2D eigenvalue weighted by molar-refractivity contribution is 7.89. The van der Waals surface area contributed by atoms with E-state index in [2.05, 4.69) is 4.72 Å². The molecular weight excluding hydrogens is 345 g/mol. The number of methoxy groups -OCH3 is 2. The maximum absolute atomic E-state index is 13.5. The van der Waals surface area contributed by atoms with E-state index >= 15 is 0 Å². The Labute approximate surface area is 147 Å². The van der Waals surface area contributed by atoms with Gasteiger partial charge in [0.1, 0.15) is 22.2 Å². The summed E-state index contributed by atoms with van der Waals surface area (Å²) < 4.78 is 51.1. The monoisotopic (exact) mass is 367 g/mol. The SMILES string of the molecule is COc1ccc(S(=O)(=O)NCCCCc2ccccc2F)c(OC)c1. The Hall–Kier alpha value is -2.12. The fourth-order valence-electron chi connectivity index (χ4n) is 2.42. The Morgan fingerprint density at radius 2 is 1.80 bits per heavy atom.